The molecule has 5 heteroatoms. The summed E-state index contributed by atoms with van der Waals surface area (Å²) in [5, 5.41) is 9.41. The molecule has 0 aromatic carbocycles. The summed E-state index contributed by atoms with van der Waals surface area (Å²) < 4.78 is 4.94. The maximum atomic E-state index is 12.0. The normalized spacial score (nSPS) is 26.2. The lowest BCUT2D eigenvalue weighted by atomic mass is 9.73. The third kappa shape index (κ3) is 3.99. The molecule has 0 spiro atoms. The van der Waals surface area contributed by atoms with Gasteiger partial charge in [0.05, 0.1) is 6.61 Å². The van der Waals surface area contributed by atoms with Crippen LogP contribution in [0.1, 0.15) is 52.9 Å². The average molecular weight is 297 g/mol. The number of amides is 1. The minimum atomic E-state index is -0.651. The lowest BCUT2D eigenvalue weighted by Crippen LogP contribution is -2.48. The Morgan fingerprint density at radius 3 is 2.19 bits per heavy atom. The molecule has 0 aliphatic heterocycles. The van der Waals surface area contributed by atoms with Crippen LogP contribution in [0, 0.1) is 11.8 Å². The zero-order chi connectivity index (χ0) is 15.8. The van der Waals surface area contributed by atoms with Crippen LogP contribution >= 0.6 is 0 Å². The van der Waals surface area contributed by atoms with Crippen LogP contribution < -0.4 is 0 Å². The Labute approximate surface area is 127 Å². The van der Waals surface area contributed by atoms with Crippen LogP contribution in [0.4, 0.5) is 0 Å². The molecule has 2 atom stereocenters. The molecule has 120 valence electrons. The van der Waals surface area contributed by atoms with Crippen molar-refractivity contribution < 1.29 is 19.4 Å². The molecule has 0 saturated heterocycles. The maximum absolute atomic E-state index is 12.0. The van der Waals surface area contributed by atoms with Gasteiger partial charge < -0.3 is 14.7 Å². The third-order valence-electron chi connectivity index (χ3n) is 4.48. The predicted octanol–water partition coefficient (Wildman–Crippen LogP) is 3.01. The summed E-state index contributed by atoms with van der Waals surface area (Å²) >= 11 is 0. The SMILES string of the molecule is CCOC(=O)C(=CO)N(C=O)C1C(CC)CCCC1CC. The fourth-order valence-corrected chi connectivity index (χ4v) is 3.43. The van der Waals surface area contributed by atoms with Crippen molar-refractivity contribution in [3.05, 3.63) is 12.0 Å². The van der Waals surface area contributed by atoms with Crippen molar-refractivity contribution in [1.82, 2.24) is 4.90 Å². The topological polar surface area (TPSA) is 66.8 Å². The number of hydrogen-bond donors (Lipinski definition) is 1. The smallest absolute Gasteiger partial charge is 0.358 e. The van der Waals surface area contributed by atoms with E-state index in [1.54, 1.807) is 6.92 Å². The molecule has 1 saturated carbocycles. The van der Waals surface area contributed by atoms with Gasteiger partial charge in [0.1, 0.15) is 6.26 Å². The summed E-state index contributed by atoms with van der Waals surface area (Å²) in [6.07, 6.45) is 6.49. The van der Waals surface area contributed by atoms with E-state index >= 15 is 0 Å². The number of esters is 1. The molecule has 1 amide bonds. The third-order valence-corrected chi connectivity index (χ3v) is 4.48. The first kappa shape index (κ1) is 17.5. The van der Waals surface area contributed by atoms with Gasteiger partial charge in [-0.2, -0.15) is 0 Å². The predicted molar refractivity (Wildman–Crippen MR) is 80.4 cm³/mol. The van der Waals surface area contributed by atoms with E-state index in [0.29, 0.717) is 24.5 Å². The number of rotatable bonds is 7. The highest BCUT2D eigenvalue weighted by Gasteiger charge is 2.38. The first-order valence-electron chi connectivity index (χ1n) is 7.89. The molecule has 2 unspecified atom stereocenters. The Hall–Kier alpha value is -1.52. The second kappa shape index (κ2) is 8.70. The second-order valence-corrected chi connectivity index (χ2v) is 5.51. The number of carbonyl (C=O) groups excluding carboxylic acids is 2. The van der Waals surface area contributed by atoms with Gasteiger partial charge in [0.2, 0.25) is 6.41 Å². The van der Waals surface area contributed by atoms with Gasteiger partial charge in [-0.1, -0.05) is 33.1 Å². The highest BCUT2D eigenvalue weighted by molar-refractivity contribution is 5.90. The lowest BCUT2D eigenvalue weighted by molar-refractivity contribution is -0.144. The zero-order valence-electron chi connectivity index (χ0n) is 13.2. The first-order chi connectivity index (χ1) is 10.1. The van der Waals surface area contributed by atoms with Crippen LogP contribution in [0.5, 0.6) is 0 Å². The van der Waals surface area contributed by atoms with Gasteiger partial charge in [-0.05, 0) is 31.6 Å². The molecule has 0 aromatic heterocycles. The molecule has 0 radical (unpaired) electrons. The van der Waals surface area contributed by atoms with Gasteiger partial charge in [0.25, 0.3) is 0 Å². The van der Waals surface area contributed by atoms with E-state index in [-0.39, 0.29) is 18.3 Å². The van der Waals surface area contributed by atoms with Crippen molar-refractivity contribution in [2.24, 2.45) is 11.8 Å². The molecule has 0 bridgehead atoms. The number of aliphatic hydroxyl groups excluding tert-OH is 1. The zero-order valence-corrected chi connectivity index (χ0v) is 13.2. The van der Waals surface area contributed by atoms with E-state index in [0.717, 1.165) is 32.1 Å². The fourth-order valence-electron chi connectivity index (χ4n) is 3.43. The second-order valence-electron chi connectivity index (χ2n) is 5.51. The molecule has 0 heterocycles. The summed E-state index contributed by atoms with van der Waals surface area (Å²) in [6, 6.07) is -0.0472. The van der Waals surface area contributed by atoms with E-state index in [4.69, 9.17) is 4.74 Å². The van der Waals surface area contributed by atoms with Crippen LogP contribution in [0.25, 0.3) is 0 Å². The highest BCUT2D eigenvalue weighted by atomic mass is 16.5. The van der Waals surface area contributed by atoms with Crippen LogP contribution in [-0.4, -0.2) is 35.0 Å². The first-order valence-corrected chi connectivity index (χ1v) is 7.89. The largest absolute Gasteiger partial charge is 0.513 e. The van der Waals surface area contributed by atoms with Crippen molar-refractivity contribution in [2.75, 3.05) is 6.61 Å². The quantitative estimate of drug-likeness (QED) is 0.339. The Morgan fingerprint density at radius 2 is 1.81 bits per heavy atom. The number of hydrogen-bond acceptors (Lipinski definition) is 4. The maximum Gasteiger partial charge on any atom is 0.358 e. The lowest BCUT2D eigenvalue weighted by Gasteiger charge is -2.43. The van der Waals surface area contributed by atoms with Crippen molar-refractivity contribution in [3.63, 3.8) is 0 Å². The molecule has 1 aliphatic carbocycles. The standard InChI is InChI=1S/C16H27NO4/c1-4-12-8-7-9-13(5-2)15(12)17(11-19)14(10-18)16(20)21-6-3/h10-13,15,18H,4-9H2,1-3H3. The van der Waals surface area contributed by atoms with Crippen molar-refractivity contribution in [2.45, 2.75) is 58.9 Å². The average Bonchev–Trinajstić information content (AvgIpc) is 2.51. The van der Waals surface area contributed by atoms with Gasteiger partial charge >= 0.3 is 5.97 Å². The van der Waals surface area contributed by atoms with Gasteiger partial charge in [0, 0.05) is 6.04 Å². The van der Waals surface area contributed by atoms with Crippen molar-refractivity contribution in [3.8, 4) is 0 Å². The number of aliphatic hydroxyl groups is 1. The minimum absolute atomic E-state index is 0.0472. The molecule has 0 aromatic rings. The monoisotopic (exact) mass is 297 g/mol. The van der Waals surface area contributed by atoms with Gasteiger partial charge in [-0.25, -0.2) is 4.79 Å². The minimum Gasteiger partial charge on any atom is -0.513 e. The van der Waals surface area contributed by atoms with E-state index in [9.17, 15) is 14.7 Å². The molecule has 1 N–H and O–H groups in total. The Kier molecular flexibility index (Phi) is 7.26. The summed E-state index contributed by atoms with van der Waals surface area (Å²) in [5.41, 5.74) is -0.0596. The molecular weight excluding hydrogens is 270 g/mol. The summed E-state index contributed by atoms with van der Waals surface area (Å²) in [7, 11) is 0. The highest BCUT2D eigenvalue weighted by Crippen LogP contribution is 2.37. The van der Waals surface area contributed by atoms with Gasteiger partial charge in [-0.15, -0.1) is 0 Å². The van der Waals surface area contributed by atoms with E-state index < -0.39 is 5.97 Å². The van der Waals surface area contributed by atoms with E-state index in [1.807, 2.05) is 0 Å². The number of carbonyl (C=O) groups is 2. The van der Waals surface area contributed by atoms with E-state index in [1.165, 1.54) is 4.90 Å². The number of ether oxygens (including phenoxy) is 1. The van der Waals surface area contributed by atoms with Crippen molar-refractivity contribution >= 4 is 12.4 Å². The molecule has 5 nitrogen and oxygen atoms in total. The summed E-state index contributed by atoms with van der Waals surface area (Å²) in [6.45, 7) is 6.11. The Bertz CT molecular complexity index is 368. The number of nitrogens with zero attached hydrogens (tertiary/aromatic N) is 1. The Morgan fingerprint density at radius 1 is 1.24 bits per heavy atom. The summed E-state index contributed by atoms with van der Waals surface area (Å²) in [4.78, 5) is 24.9. The fraction of sp³-hybridized carbons (Fsp3) is 0.750. The van der Waals surface area contributed by atoms with Gasteiger partial charge in [-0.3, -0.25) is 4.79 Å². The van der Waals surface area contributed by atoms with E-state index in [2.05, 4.69) is 13.8 Å². The molecule has 1 fully saturated rings. The summed E-state index contributed by atoms with van der Waals surface area (Å²) in [5.74, 6) is 0.0407. The molecule has 1 aliphatic rings. The van der Waals surface area contributed by atoms with Crippen LogP contribution in [0.2, 0.25) is 0 Å². The van der Waals surface area contributed by atoms with Crippen LogP contribution in [-0.2, 0) is 14.3 Å². The molecular formula is C16H27NO4. The van der Waals surface area contributed by atoms with Crippen molar-refractivity contribution in [1.29, 1.82) is 0 Å². The van der Waals surface area contributed by atoms with Gasteiger partial charge in [0.15, 0.2) is 5.70 Å². The molecule has 1 rings (SSSR count). The molecule has 21 heavy (non-hydrogen) atoms. The van der Waals surface area contributed by atoms with Crippen LogP contribution in [0.3, 0.4) is 0 Å². The van der Waals surface area contributed by atoms with Crippen LogP contribution in [0.15, 0.2) is 12.0 Å². The Balaban J connectivity index is 3.07.